The smallest absolute Gasteiger partial charge is 0.0433 e. The van der Waals surface area contributed by atoms with E-state index in [9.17, 15) is 0 Å². The van der Waals surface area contributed by atoms with Crippen LogP contribution in [0.3, 0.4) is 0 Å². The van der Waals surface area contributed by atoms with Crippen LogP contribution in [-0.4, -0.2) is 0 Å². The Balaban J connectivity index is 0.000000166. The number of rotatable bonds is 6. The van der Waals surface area contributed by atoms with Gasteiger partial charge in [-0.05, 0) is 192 Å². The fourth-order valence-corrected chi connectivity index (χ4v) is 17.8. The quantitative estimate of drug-likeness (QED) is 0.156. The zero-order chi connectivity index (χ0) is 93.3. The van der Waals surface area contributed by atoms with Gasteiger partial charge in [0.25, 0.3) is 0 Å². The van der Waals surface area contributed by atoms with Gasteiger partial charge in [0.1, 0.15) is 0 Å². The first-order valence-electron chi connectivity index (χ1n) is 47.3. The molecule has 0 bridgehead atoms. The topological polar surface area (TPSA) is 0 Å². The van der Waals surface area contributed by atoms with E-state index in [-0.39, 0.29) is 48.7 Å². The van der Waals surface area contributed by atoms with Gasteiger partial charge in [0, 0.05) is 31.0 Å². The zero-order valence-electron chi connectivity index (χ0n) is 84.2. The van der Waals surface area contributed by atoms with Crippen LogP contribution in [0.15, 0.2) is 322 Å². The highest BCUT2D eigenvalue weighted by atomic mass is 32.1. The van der Waals surface area contributed by atoms with Crippen LogP contribution in [0.25, 0.3) is 53.6 Å². The summed E-state index contributed by atoms with van der Waals surface area (Å²) in [5, 5.41) is 2.73. The molecule has 127 heavy (non-hydrogen) atoms. The predicted molar refractivity (Wildman–Crippen MR) is 566 cm³/mol. The van der Waals surface area contributed by atoms with E-state index < -0.39 is 0 Å². The van der Waals surface area contributed by atoms with Crippen molar-refractivity contribution in [2.45, 2.75) is 313 Å². The molecule has 13 aromatic carbocycles. The molecule has 2 aliphatic rings. The van der Waals surface area contributed by atoms with E-state index in [2.05, 4.69) is 530 Å². The molecule has 668 valence electrons. The molecular weight excluding hydrogens is 1550 g/mol. The van der Waals surface area contributed by atoms with Crippen LogP contribution >= 0.6 is 11.3 Å². The largest absolute Gasteiger partial charge is 0.135 e. The van der Waals surface area contributed by atoms with Gasteiger partial charge in [-0.1, -0.05) is 548 Å². The second-order valence-corrected chi connectivity index (χ2v) is 46.3. The van der Waals surface area contributed by atoms with Crippen LogP contribution in [0.1, 0.15) is 335 Å². The lowest BCUT2D eigenvalue weighted by Crippen LogP contribution is -2.19. The Morgan fingerprint density at radius 2 is 0.598 bits per heavy atom. The first-order valence-corrected chi connectivity index (χ1v) is 48.1. The lowest BCUT2D eigenvalue weighted by molar-refractivity contribution is 0.443. The van der Waals surface area contributed by atoms with E-state index in [0.717, 1.165) is 5.92 Å². The van der Waals surface area contributed by atoms with Crippen molar-refractivity contribution in [3.8, 4) is 33.4 Å². The summed E-state index contributed by atoms with van der Waals surface area (Å²) >= 11 is 1.90. The van der Waals surface area contributed by atoms with Gasteiger partial charge in [0.15, 0.2) is 0 Å². The molecule has 0 aliphatic heterocycles. The van der Waals surface area contributed by atoms with Crippen LogP contribution in [-0.2, 0) is 54.1 Å². The maximum Gasteiger partial charge on any atom is 0.0433 e. The number of hydrogen-bond acceptors (Lipinski definition) is 1. The van der Waals surface area contributed by atoms with Crippen molar-refractivity contribution in [1.29, 1.82) is 0 Å². The molecule has 0 unspecified atom stereocenters. The van der Waals surface area contributed by atoms with Gasteiger partial charge < -0.3 is 0 Å². The summed E-state index contributed by atoms with van der Waals surface area (Å²) in [6.45, 7) is 69.9. The van der Waals surface area contributed by atoms with E-state index in [4.69, 9.17) is 0 Å². The van der Waals surface area contributed by atoms with Crippen LogP contribution in [0.5, 0.6) is 0 Å². The van der Waals surface area contributed by atoms with Crippen molar-refractivity contribution in [3.05, 3.63) is 405 Å². The lowest BCUT2D eigenvalue weighted by Gasteiger charge is -2.27. The Morgan fingerprint density at radius 1 is 0.268 bits per heavy atom. The summed E-state index contributed by atoms with van der Waals surface area (Å²) in [6, 6.07) is 117. The second-order valence-electron chi connectivity index (χ2n) is 45.3. The van der Waals surface area contributed by atoms with Gasteiger partial charge in [0.2, 0.25) is 0 Å². The molecule has 0 nitrogen and oxygen atoms in total. The Kier molecular flexibility index (Phi) is 33.8. The minimum Gasteiger partial charge on any atom is -0.135 e. The molecule has 1 fully saturated rings. The Morgan fingerprint density at radius 3 is 1.08 bits per heavy atom. The molecule has 14 aromatic rings. The van der Waals surface area contributed by atoms with Crippen molar-refractivity contribution < 1.29 is 0 Å². The summed E-state index contributed by atoms with van der Waals surface area (Å²) in [7, 11) is 0. The van der Waals surface area contributed by atoms with Gasteiger partial charge in [-0.2, -0.15) is 0 Å². The maximum atomic E-state index is 2.41. The normalized spacial score (nSPS) is 13.4. The Bertz CT molecular complexity index is 5680. The van der Waals surface area contributed by atoms with Crippen molar-refractivity contribution in [2.24, 2.45) is 0 Å². The van der Waals surface area contributed by atoms with Crippen molar-refractivity contribution >= 4 is 31.5 Å². The third-order valence-electron chi connectivity index (χ3n) is 25.6. The lowest BCUT2D eigenvalue weighted by atomic mass is 9.77. The molecule has 16 rings (SSSR count). The molecule has 0 amide bonds. The molecule has 0 radical (unpaired) electrons. The molecule has 0 atom stereocenters. The number of thiophene rings is 1. The minimum atomic E-state index is 0.0532. The van der Waals surface area contributed by atoms with Crippen LogP contribution in [0, 0.1) is 6.92 Å². The van der Waals surface area contributed by atoms with E-state index in [1.54, 1.807) is 5.56 Å². The molecular formula is C126H158S. The van der Waals surface area contributed by atoms with Gasteiger partial charge in [0.05, 0.1) is 0 Å². The number of aryl methyl sites for hydroxylation is 1. The molecule has 0 N–H and O–H groups in total. The SMILES string of the molecule is CC(C)(C)c1ccc(-c2ccccc2)cc1.CC(C)(C)c1ccc(C(C)(C)c2ccccc2)cc1.CC(C)(C)c1ccc(C2CCCCC2)cc1.CC(C)(C)c1ccc2c(c1)C(C)(C)c1ccccc1-2.CC(C)(C)c1cccc(-c2cccc3c2sc2ccccc23)c1.CC(C)(C)c1ccccc1.CC(C)c1ccc(C(C)(C)C)cc1.Cc1ccc(C(C)(C)C)cc1. The van der Waals surface area contributed by atoms with Crippen molar-refractivity contribution in [3.63, 3.8) is 0 Å². The Labute approximate surface area is 777 Å². The van der Waals surface area contributed by atoms with Crippen LogP contribution in [0.4, 0.5) is 0 Å². The molecule has 1 heterocycles. The highest BCUT2D eigenvalue weighted by Gasteiger charge is 2.36. The average Bonchev–Trinajstić information content (AvgIpc) is 1.58. The average molecular weight is 1700 g/mol. The fraction of sp³-hybridized carbons (Fsp3) is 0.381. The first kappa shape index (κ1) is 101. The highest BCUT2D eigenvalue weighted by Crippen LogP contribution is 2.50. The molecule has 1 saturated carbocycles. The zero-order valence-corrected chi connectivity index (χ0v) is 85.0. The van der Waals surface area contributed by atoms with E-state index >= 15 is 0 Å². The van der Waals surface area contributed by atoms with Gasteiger partial charge in [-0.15, -0.1) is 11.3 Å². The second kappa shape index (κ2) is 42.5. The van der Waals surface area contributed by atoms with Crippen LogP contribution < -0.4 is 0 Å². The van der Waals surface area contributed by atoms with Gasteiger partial charge >= 0.3 is 0 Å². The fourth-order valence-electron chi connectivity index (χ4n) is 16.6. The molecule has 2 aliphatic carbocycles. The van der Waals surface area contributed by atoms with E-state index in [0.29, 0.717) is 11.3 Å². The van der Waals surface area contributed by atoms with Crippen LogP contribution in [0.2, 0.25) is 0 Å². The third kappa shape index (κ3) is 28.3. The first-order chi connectivity index (χ1) is 59.3. The number of benzene rings is 13. The molecule has 0 spiro atoms. The van der Waals surface area contributed by atoms with Crippen molar-refractivity contribution in [2.75, 3.05) is 0 Å². The highest BCUT2D eigenvalue weighted by molar-refractivity contribution is 7.26. The van der Waals surface area contributed by atoms with E-state index in [1.807, 2.05) is 17.4 Å². The summed E-state index contributed by atoms with van der Waals surface area (Å²) in [4.78, 5) is 0. The number of hydrogen-bond donors (Lipinski definition) is 0. The van der Waals surface area contributed by atoms with Crippen molar-refractivity contribution in [1.82, 2.24) is 0 Å². The minimum absolute atomic E-state index is 0.0532. The third-order valence-corrected chi connectivity index (χ3v) is 26.8. The molecule has 1 heteroatoms. The predicted octanol–water partition coefficient (Wildman–Crippen LogP) is 37.7. The molecule has 1 aromatic heterocycles. The standard InChI is InChI=1S/C22H20S.C19H22.C19H24.C16H24.C16H18.C13H20.C11H16.C10H14/c1-22(2,3)16-9-6-8-15(14-16)17-11-7-12-19-18-10-4-5-13-20(18)23-21(17)19;1-18(2,3)13-10-11-15-14-8-6-7-9-16(14)19(4,5)17(15)12-13;1-18(2,3)15-11-13-17(14-12-15)19(4,5)16-9-7-6-8-10-16;2*1-16(2,3)15-11-9-14(10-12-15)13-7-5-4-6-8-13;1-10(2)11-6-8-12(9-7-11)13(3,4)5;1-9-5-7-10(8-6-9)11(2,3)4;1-10(2,3)9-7-5-4-6-8-9/h4-14H,1-3H3;6-12H,1-5H3;6-14H,1-5H3;9-13H,4-8H2,1-3H3;4-12H,1-3H3;6-10H,1-5H3;5-8H,1-4H3;4-8H,1-3H3. The maximum absolute atomic E-state index is 2.41. The summed E-state index contributed by atoms with van der Waals surface area (Å²) in [5.74, 6) is 1.47. The summed E-state index contributed by atoms with van der Waals surface area (Å²) in [5.41, 5.74) is 31.4. The van der Waals surface area contributed by atoms with E-state index in [1.165, 1.54) is 164 Å². The summed E-state index contributed by atoms with van der Waals surface area (Å²) < 4.78 is 2.75. The summed E-state index contributed by atoms with van der Waals surface area (Å²) in [6.07, 6.45) is 7.08. The molecule has 0 saturated heterocycles. The monoisotopic (exact) mass is 1700 g/mol. The van der Waals surface area contributed by atoms with Gasteiger partial charge in [-0.3, -0.25) is 0 Å². The Hall–Kier alpha value is -9.92. The van der Waals surface area contributed by atoms with Gasteiger partial charge in [-0.25, -0.2) is 0 Å². The number of fused-ring (bicyclic) bond motifs is 6.